The largest absolute Gasteiger partial charge is 0.489 e. The van der Waals surface area contributed by atoms with Gasteiger partial charge in [0, 0.05) is 25.9 Å². The van der Waals surface area contributed by atoms with Crippen molar-refractivity contribution in [1.29, 1.82) is 0 Å². The molecule has 1 amide bonds. The molecule has 0 aliphatic carbocycles. The van der Waals surface area contributed by atoms with Gasteiger partial charge in [-0.15, -0.1) is 12.4 Å². The molecule has 6 heteroatoms. The topological polar surface area (TPSA) is 55.6 Å². The number of benzene rings is 1. The zero-order chi connectivity index (χ0) is 15.4. The average Bonchev–Trinajstić information content (AvgIpc) is 2.49. The fourth-order valence-corrected chi connectivity index (χ4v) is 2.59. The summed E-state index contributed by atoms with van der Waals surface area (Å²) in [6.07, 6.45) is 1.72. The predicted molar refractivity (Wildman–Crippen MR) is 91.7 cm³/mol. The molecule has 0 saturated carbocycles. The summed E-state index contributed by atoms with van der Waals surface area (Å²) in [6, 6.07) is 7.06. The number of carbonyl (C=O) groups is 1. The maximum Gasteiger partial charge on any atom is 0.239 e. The van der Waals surface area contributed by atoms with Crippen LogP contribution in [0.2, 0.25) is 5.02 Å². The van der Waals surface area contributed by atoms with E-state index in [0.717, 1.165) is 12.8 Å². The number of amides is 1. The van der Waals surface area contributed by atoms with E-state index < -0.39 is 6.04 Å². The Bertz CT molecular complexity index is 489. The zero-order valence-corrected chi connectivity index (χ0v) is 14.6. The highest BCUT2D eigenvalue weighted by atomic mass is 35.5. The highest BCUT2D eigenvalue weighted by Gasteiger charge is 2.28. The summed E-state index contributed by atoms with van der Waals surface area (Å²) in [5.74, 6) is 0.915. The first-order chi connectivity index (χ1) is 9.99. The van der Waals surface area contributed by atoms with Gasteiger partial charge in [0.1, 0.15) is 11.9 Å². The summed E-state index contributed by atoms with van der Waals surface area (Å²) in [5, 5.41) is 0.623. The molecule has 0 bridgehead atoms. The second kappa shape index (κ2) is 8.61. The van der Waals surface area contributed by atoms with Crippen molar-refractivity contribution >= 4 is 29.9 Å². The van der Waals surface area contributed by atoms with E-state index in [2.05, 4.69) is 0 Å². The molecule has 1 aliphatic heterocycles. The van der Waals surface area contributed by atoms with Crippen LogP contribution in [0.5, 0.6) is 5.75 Å². The third-order valence-electron chi connectivity index (χ3n) is 3.89. The first-order valence-corrected chi connectivity index (χ1v) is 7.82. The Labute approximate surface area is 143 Å². The van der Waals surface area contributed by atoms with Gasteiger partial charge < -0.3 is 15.4 Å². The van der Waals surface area contributed by atoms with E-state index in [4.69, 9.17) is 22.1 Å². The summed E-state index contributed by atoms with van der Waals surface area (Å²) < 4.78 is 5.92. The van der Waals surface area contributed by atoms with Gasteiger partial charge in [-0.05, 0) is 18.1 Å². The summed E-state index contributed by atoms with van der Waals surface area (Å²) in [6.45, 7) is 5.31. The molecule has 0 radical (unpaired) electrons. The van der Waals surface area contributed by atoms with Crippen LogP contribution in [0, 0.1) is 5.92 Å². The molecule has 2 N–H and O–H groups in total. The average molecular weight is 347 g/mol. The minimum Gasteiger partial charge on any atom is -0.489 e. The third kappa shape index (κ3) is 4.77. The number of carbonyl (C=O) groups excluding carboxylic acids is 1. The number of hydrogen-bond acceptors (Lipinski definition) is 3. The summed E-state index contributed by atoms with van der Waals surface area (Å²) >= 11 is 6.09. The molecule has 1 aromatic rings. The van der Waals surface area contributed by atoms with E-state index in [1.54, 1.807) is 0 Å². The van der Waals surface area contributed by atoms with Crippen LogP contribution in [0.3, 0.4) is 0 Å². The highest BCUT2D eigenvalue weighted by Crippen LogP contribution is 2.26. The molecule has 1 atom stereocenters. The zero-order valence-electron chi connectivity index (χ0n) is 13.0. The number of nitrogens with two attached hydrogens (primary N) is 1. The highest BCUT2D eigenvalue weighted by molar-refractivity contribution is 6.32. The van der Waals surface area contributed by atoms with Crippen molar-refractivity contribution in [3.05, 3.63) is 29.3 Å². The number of para-hydroxylation sites is 1. The van der Waals surface area contributed by atoms with E-state index in [1.807, 2.05) is 43.0 Å². The van der Waals surface area contributed by atoms with Gasteiger partial charge in [0.25, 0.3) is 0 Å². The van der Waals surface area contributed by atoms with Gasteiger partial charge in [-0.25, -0.2) is 0 Å². The Morgan fingerprint density at radius 2 is 1.91 bits per heavy atom. The van der Waals surface area contributed by atoms with Crippen LogP contribution in [0.1, 0.15) is 26.7 Å². The van der Waals surface area contributed by atoms with Crippen LogP contribution in [-0.2, 0) is 4.79 Å². The fourth-order valence-electron chi connectivity index (χ4n) is 2.41. The molecule has 0 spiro atoms. The van der Waals surface area contributed by atoms with Gasteiger partial charge in [-0.2, -0.15) is 0 Å². The van der Waals surface area contributed by atoms with Crippen LogP contribution in [0.15, 0.2) is 24.3 Å². The van der Waals surface area contributed by atoms with E-state index in [1.165, 1.54) is 0 Å². The molecule has 1 aliphatic rings. The molecule has 1 aromatic carbocycles. The van der Waals surface area contributed by atoms with Crippen molar-refractivity contribution in [2.24, 2.45) is 11.7 Å². The van der Waals surface area contributed by atoms with Crippen molar-refractivity contribution in [3.8, 4) is 5.75 Å². The second-order valence-corrected chi connectivity index (χ2v) is 6.25. The molecular weight excluding hydrogens is 323 g/mol. The van der Waals surface area contributed by atoms with Crippen LogP contribution in [0.4, 0.5) is 0 Å². The molecule has 1 fully saturated rings. The quantitative estimate of drug-likeness (QED) is 0.911. The number of likely N-dealkylation sites (tertiary alicyclic amines) is 1. The number of piperidine rings is 1. The van der Waals surface area contributed by atoms with Crippen molar-refractivity contribution in [2.45, 2.75) is 38.8 Å². The fraction of sp³-hybridized carbons (Fsp3) is 0.562. The van der Waals surface area contributed by atoms with Crippen LogP contribution in [-0.4, -0.2) is 36.0 Å². The lowest BCUT2D eigenvalue weighted by molar-refractivity contribution is -0.135. The Balaban J connectivity index is 0.00000242. The van der Waals surface area contributed by atoms with Crippen LogP contribution >= 0.6 is 24.0 Å². The van der Waals surface area contributed by atoms with Crippen molar-refractivity contribution in [2.75, 3.05) is 13.1 Å². The van der Waals surface area contributed by atoms with Gasteiger partial charge >= 0.3 is 0 Å². The summed E-state index contributed by atoms with van der Waals surface area (Å²) in [4.78, 5) is 14.0. The molecule has 4 nitrogen and oxygen atoms in total. The van der Waals surface area contributed by atoms with E-state index in [9.17, 15) is 4.79 Å². The number of nitrogens with zero attached hydrogens (tertiary/aromatic N) is 1. The molecule has 1 saturated heterocycles. The Kier molecular flexibility index (Phi) is 7.46. The Morgan fingerprint density at radius 3 is 2.45 bits per heavy atom. The first kappa shape index (κ1) is 19.1. The molecule has 22 heavy (non-hydrogen) atoms. The van der Waals surface area contributed by atoms with Gasteiger partial charge in [-0.1, -0.05) is 37.6 Å². The number of halogens is 2. The molecule has 0 aromatic heterocycles. The maximum absolute atomic E-state index is 12.2. The van der Waals surface area contributed by atoms with Gasteiger partial charge in [0.05, 0.1) is 11.1 Å². The van der Waals surface area contributed by atoms with Crippen molar-refractivity contribution in [1.82, 2.24) is 4.90 Å². The van der Waals surface area contributed by atoms with Gasteiger partial charge in [-0.3, -0.25) is 4.79 Å². The van der Waals surface area contributed by atoms with Crippen LogP contribution in [0.25, 0.3) is 0 Å². The minimum atomic E-state index is -0.411. The lowest BCUT2D eigenvalue weighted by atomic mass is 10.0. The van der Waals surface area contributed by atoms with Gasteiger partial charge in [0.15, 0.2) is 0 Å². The molecule has 2 rings (SSSR count). The van der Waals surface area contributed by atoms with E-state index >= 15 is 0 Å². The summed E-state index contributed by atoms with van der Waals surface area (Å²) in [5.41, 5.74) is 5.93. The van der Waals surface area contributed by atoms with Gasteiger partial charge in [0.2, 0.25) is 5.91 Å². The van der Waals surface area contributed by atoms with Crippen molar-refractivity contribution in [3.63, 3.8) is 0 Å². The Hall–Kier alpha value is -0.970. The lowest BCUT2D eigenvalue weighted by Gasteiger charge is -2.34. The SMILES string of the molecule is CC(C)[C@H](N)C(=O)N1CCC(Oc2ccccc2Cl)CC1.Cl. The monoisotopic (exact) mass is 346 g/mol. The maximum atomic E-state index is 12.2. The lowest BCUT2D eigenvalue weighted by Crippen LogP contribution is -2.50. The molecule has 124 valence electrons. The minimum absolute atomic E-state index is 0. The van der Waals surface area contributed by atoms with Crippen molar-refractivity contribution < 1.29 is 9.53 Å². The van der Waals surface area contributed by atoms with Crippen LogP contribution < -0.4 is 10.5 Å². The van der Waals surface area contributed by atoms with E-state index in [-0.39, 0.29) is 30.3 Å². The Morgan fingerprint density at radius 1 is 1.32 bits per heavy atom. The molecule has 0 unspecified atom stereocenters. The summed E-state index contributed by atoms with van der Waals surface area (Å²) in [7, 11) is 0. The number of ether oxygens (including phenoxy) is 1. The number of rotatable bonds is 4. The first-order valence-electron chi connectivity index (χ1n) is 7.44. The second-order valence-electron chi connectivity index (χ2n) is 5.84. The third-order valence-corrected chi connectivity index (χ3v) is 4.20. The normalized spacial score (nSPS) is 17.0. The predicted octanol–water partition coefficient (Wildman–Crippen LogP) is 3.11. The van der Waals surface area contributed by atoms with E-state index in [0.29, 0.717) is 23.9 Å². The standard InChI is InChI=1S/C16H23ClN2O2.ClH/c1-11(2)15(18)16(20)19-9-7-12(8-10-19)21-14-6-4-3-5-13(14)17;/h3-6,11-12,15H,7-10,18H2,1-2H3;1H/t15-;/m0./s1. The molecule has 1 heterocycles. The number of hydrogen-bond donors (Lipinski definition) is 1. The molecular formula is C16H24Cl2N2O2. The smallest absolute Gasteiger partial charge is 0.239 e.